The molecule has 4 N–H and O–H groups in total. The first kappa shape index (κ1) is 24.9. The molecule has 0 aliphatic carbocycles. The van der Waals surface area contributed by atoms with Crippen LogP contribution in [0, 0.1) is 0 Å². The molecule has 2 rings (SSSR count). The third-order valence-electron chi connectivity index (χ3n) is 4.15. The number of nitrogens with two attached hydrogens (primary N) is 1. The molecule has 0 atom stereocenters. The summed E-state index contributed by atoms with van der Waals surface area (Å²) in [6.07, 6.45) is 0.702. The van der Waals surface area contributed by atoms with Gasteiger partial charge in [0, 0.05) is 25.0 Å². The van der Waals surface area contributed by atoms with Crippen molar-refractivity contribution in [2.24, 2.45) is 5.73 Å². The third-order valence-corrected chi connectivity index (χ3v) is 4.15. The topological polar surface area (TPSA) is 109 Å². The Morgan fingerprint density at radius 2 is 1.78 bits per heavy atom. The summed E-state index contributed by atoms with van der Waals surface area (Å²) >= 11 is 0. The molecule has 2 aromatic rings. The van der Waals surface area contributed by atoms with Gasteiger partial charge in [-0.1, -0.05) is 32.9 Å². The van der Waals surface area contributed by atoms with Crippen LogP contribution in [0.1, 0.15) is 37.6 Å². The van der Waals surface area contributed by atoms with Crippen LogP contribution in [0.4, 0.5) is 0 Å². The standard InChI is InChI=1S/C13H13NO4.C6H16N2.ClH/c1-2-7-14-9-6-4-3-5-8(9)11(15)10(12(14)16)13(17)18;1-3-8(4-2)6-5-7;/h3-6,15H,2,7H2,1H3,(H,17,18);3-7H2,1-2H3;1H. The number of benzene rings is 1. The zero-order valence-electron chi connectivity index (χ0n) is 16.1. The molecule has 1 aromatic heterocycles. The molecule has 0 aliphatic heterocycles. The Morgan fingerprint density at radius 1 is 1.19 bits per heavy atom. The highest BCUT2D eigenvalue weighted by Gasteiger charge is 2.20. The summed E-state index contributed by atoms with van der Waals surface area (Å²) in [4.78, 5) is 25.4. The van der Waals surface area contributed by atoms with E-state index in [-0.39, 0.29) is 12.4 Å². The number of aromatic carboxylic acids is 1. The van der Waals surface area contributed by atoms with Crippen LogP contribution in [0.3, 0.4) is 0 Å². The second-order valence-corrected chi connectivity index (χ2v) is 5.82. The molecular weight excluding hydrogens is 370 g/mol. The lowest BCUT2D eigenvalue weighted by Gasteiger charge is -2.15. The van der Waals surface area contributed by atoms with Crippen LogP contribution in [0.2, 0.25) is 0 Å². The maximum atomic E-state index is 12.1. The highest BCUT2D eigenvalue weighted by molar-refractivity contribution is 5.98. The molecule has 152 valence electrons. The molecule has 0 unspecified atom stereocenters. The maximum absolute atomic E-state index is 12.1. The van der Waals surface area contributed by atoms with Crippen LogP contribution in [-0.2, 0) is 6.54 Å². The summed E-state index contributed by atoms with van der Waals surface area (Å²) < 4.78 is 1.39. The van der Waals surface area contributed by atoms with E-state index in [1.165, 1.54) is 4.57 Å². The van der Waals surface area contributed by atoms with E-state index in [4.69, 9.17) is 10.8 Å². The molecule has 0 saturated carbocycles. The van der Waals surface area contributed by atoms with Crippen molar-refractivity contribution in [2.45, 2.75) is 33.7 Å². The van der Waals surface area contributed by atoms with Gasteiger partial charge in [0.25, 0.3) is 5.56 Å². The molecule has 0 radical (unpaired) electrons. The first-order chi connectivity index (χ1) is 12.4. The summed E-state index contributed by atoms with van der Waals surface area (Å²) in [5, 5.41) is 19.3. The van der Waals surface area contributed by atoms with Gasteiger partial charge in [-0.25, -0.2) is 4.79 Å². The molecule has 0 spiro atoms. The lowest BCUT2D eigenvalue weighted by Crippen LogP contribution is -2.28. The van der Waals surface area contributed by atoms with E-state index in [0.717, 1.165) is 26.2 Å². The quantitative estimate of drug-likeness (QED) is 0.660. The van der Waals surface area contributed by atoms with E-state index in [0.29, 0.717) is 23.9 Å². The minimum absolute atomic E-state index is 0. The number of carboxylic acids is 1. The number of fused-ring (bicyclic) bond motifs is 1. The molecule has 27 heavy (non-hydrogen) atoms. The van der Waals surface area contributed by atoms with E-state index in [9.17, 15) is 14.7 Å². The van der Waals surface area contributed by atoms with Gasteiger partial charge in [0.05, 0.1) is 5.52 Å². The van der Waals surface area contributed by atoms with Gasteiger partial charge in [0.1, 0.15) is 5.75 Å². The number of nitrogens with zero attached hydrogens (tertiary/aromatic N) is 2. The van der Waals surface area contributed by atoms with Crippen LogP contribution in [0.5, 0.6) is 5.75 Å². The highest BCUT2D eigenvalue weighted by Crippen LogP contribution is 2.26. The van der Waals surface area contributed by atoms with Crippen molar-refractivity contribution in [1.82, 2.24) is 9.47 Å². The van der Waals surface area contributed by atoms with Crippen molar-refractivity contribution in [3.8, 4) is 5.75 Å². The van der Waals surface area contributed by atoms with Crippen molar-refractivity contribution in [3.05, 3.63) is 40.2 Å². The predicted octanol–water partition coefficient (Wildman–Crippen LogP) is 2.52. The number of halogens is 1. The number of para-hydroxylation sites is 1. The number of likely N-dealkylation sites (N-methyl/N-ethyl adjacent to an activating group) is 1. The average molecular weight is 400 g/mol. The van der Waals surface area contributed by atoms with E-state index in [1.807, 2.05) is 6.92 Å². The SMILES string of the molecule is CCCn1c(=O)c(C(=O)O)c(O)c2ccccc21.CCN(CC)CCN.Cl. The summed E-state index contributed by atoms with van der Waals surface area (Å²) in [7, 11) is 0. The van der Waals surface area contributed by atoms with Gasteiger partial charge in [-0.3, -0.25) is 4.79 Å². The first-order valence-electron chi connectivity index (χ1n) is 8.92. The number of aromatic nitrogens is 1. The molecule has 0 fully saturated rings. The van der Waals surface area contributed by atoms with Gasteiger partial charge in [-0.2, -0.15) is 0 Å². The summed E-state index contributed by atoms with van der Waals surface area (Å²) in [5.74, 6) is -1.87. The molecule has 8 heteroatoms. The first-order valence-corrected chi connectivity index (χ1v) is 8.92. The smallest absolute Gasteiger partial charge is 0.345 e. The maximum Gasteiger partial charge on any atom is 0.345 e. The van der Waals surface area contributed by atoms with Crippen molar-refractivity contribution in [2.75, 3.05) is 26.2 Å². The van der Waals surface area contributed by atoms with E-state index in [2.05, 4.69) is 18.7 Å². The van der Waals surface area contributed by atoms with Crippen molar-refractivity contribution < 1.29 is 15.0 Å². The Bertz CT molecular complexity index is 788. The van der Waals surface area contributed by atoms with Gasteiger partial charge < -0.3 is 25.4 Å². The largest absolute Gasteiger partial charge is 0.506 e. The third kappa shape index (κ3) is 6.23. The zero-order chi connectivity index (χ0) is 19.7. The molecule has 7 nitrogen and oxygen atoms in total. The Labute approximate surface area is 165 Å². The van der Waals surface area contributed by atoms with Gasteiger partial charge in [0.2, 0.25) is 0 Å². The van der Waals surface area contributed by atoms with Gasteiger partial charge >= 0.3 is 5.97 Å². The fourth-order valence-electron chi connectivity index (χ4n) is 2.75. The summed E-state index contributed by atoms with van der Waals surface area (Å²) in [6.45, 7) is 10.7. The second-order valence-electron chi connectivity index (χ2n) is 5.82. The summed E-state index contributed by atoms with van der Waals surface area (Å²) in [5.41, 5.74) is 4.65. The number of hydrogen-bond donors (Lipinski definition) is 3. The minimum atomic E-state index is -1.41. The number of carbonyl (C=O) groups is 1. The Balaban J connectivity index is 0.000000645. The monoisotopic (exact) mass is 399 g/mol. The molecule has 0 amide bonds. The minimum Gasteiger partial charge on any atom is -0.506 e. The lowest BCUT2D eigenvalue weighted by atomic mass is 10.1. The summed E-state index contributed by atoms with van der Waals surface area (Å²) in [6, 6.07) is 6.72. The normalized spacial score (nSPS) is 10.3. The molecule has 0 saturated heterocycles. The number of rotatable bonds is 7. The van der Waals surface area contributed by atoms with E-state index < -0.39 is 22.8 Å². The molecule has 1 heterocycles. The Morgan fingerprint density at radius 3 is 2.22 bits per heavy atom. The molecular formula is C19H30ClN3O4. The van der Waals surface area contributed by atoms with Gasteiger partial charge in [-0.15, -0.1) is 12.4 Å². The number of aromatic hydroxyl groups is 1. The van der Waals surface area contributed by atoms with Crippen LogP contribution in [-0.4, -0.2) is 51.8 Å². The van der Waals surface area contributed by atoms with Gasteiger partial charge in [-0.05, 0) is 31.6 Å². The average Bonchev–Trinajstić information content (AvgIpc) is 2.63. The number of aryl methyl sites for hydroxylation is 1. The van der Waals surface area contributed by atoms with Crippen molar-refractivity contribution in [3.63, 3.8) is 0 Å². The van der Waals surface area contributed by atoms with Crippen LogP contribution in [0.15, 0.2) is 29.1 Å². The number of pyridine rings is 1. The molecule has 0 aliphatic rings. The van der Waals surface area contributed by atoms with Gasteiger partial charge in [0.15, 0.2) is 5.56 Å². The Hall–Kier alpha value is -2.09. The number of hydrogen-bond acceptors (Lipinski definition) is 5. The van der Waals surface area contributed by atoms with Crippen LogP contribution >= 0.6 is 12.4 Å². The van der Waals surface area contributed by atoms with E-state index in [1.54, 1.807) is 24.3 Å². The number of carboxylic acid groups (broad SMARTS) is 1. The fourth-order valence-corrected chi connectivity index (χ4v) is 2.75. The lowest BCUT2D eigenvalue weighted by molar-refractivity contribution is 0.0691. The fraction of sp³-hybridized carbons (Fsp3) is 0.474. The Kier molecular flexibility index (Phi) is 11.4. The van der Waals surface area contributed by atoms with Crippen LogP contribution in [0.25, 0.3) is 10.9 Å². The van der Waals surface area contributed by atoms with Crippen LogP contribution < -0.4 is 11.3 Å². The predicted molar refractivity (Wildman–Crippen MR) is 111 cm³/mol. The molecule has 0 bridgehead atoms. The van der Waals surface area contributed by atoms with Crippen molar-refractivity contribution >= 4 is 29.3 Å². The zero-order valence-corrected chi connectivity index (χ0v) is 17.0. The highest BCUT2D eigenvalue weighted by atomic mass is 35.5. The second kappa shape index (κ2) is 12.3. The van der Waals surface area contributed by atoms with Crippen molar-refractivity contribution in [1.29, 1.82) is 0 Å². The van der Waals surface area contributed by atoms with E-state index >= 15 is 0 Å². The molecule has 1 aromatic carbocycles.